The van der Waals surface area contributed by atoms with Gasteiger partial charge in [-0.1, -0.05) is 18.2 Å². The quantitative estimate of drug-likeness (QED) is 0.279. The molecule has 0 fully saturated rings. The number of fused-ring (bicyclic) bond motifs is 1. The third-order valence-electron chi connectivity index (χ3n) is 4.74. The number of halogens is 2. The van der Waals surface area contributed by atoms with E-state index in [-0.39, 0.29) is 12.3 Å². The van der Waals surface area contributed by atoms with Gasteiger partial charge in [0.05, 0.1) is 7.11 Å². The monoisotopic (exact) mass is 416 g/mol. The van der Waals surface area contributed by atoms with Crippen molar-refractivity contribution in [3.05, 3.63) is 59.8 Å². The maximum atomic E-state index is 12.7. The van der Waals surface area contributed by atoms with Crippen molar-refractivity contribution in [2.24, 2.45) is 4.99 Å². The number of aromatic nitrogens is 1. The van der Waals surface area contributed by atoms with Gasteiger partial charge in [0.2, 0.25) is 0 Å². The van der Waals surface area contributed by atoms with Crippen LogP contribution in [0.4, 0.5) is 8.78 Å². The molecule has 0 spiro atoms. The van der Waals surface area contributed by atoms with Crippen LogP contribution in [-0.2, 0) is 13.0 Å². The first-order valence-electron chi connectivity index (χ1n) is 9.72. The van der Waals surface area contributed by atoms with Gasteiger partial charge in [0.15, 0.2) is 5.96 Å². The molecular weight excluding hydrogens is 390 g/mol. The van der Waals surface area contributed by atoms with E-state index in [0.29, 0.717) is 17.3 Å². The van der Waals surface area contributed by atoms with E-state index in [1.807, 2.05) is 18.3 Å². The molecule has 1 aromatic heterocycles. The number of aromatic amines is 1. The Morgan fingerprint density at radius 3 is 2.73 bits per heavy atom. The molecule has 6 nitrogen and oxygen atoms in total. The summed E-state index contributed by atoms with van der Waals surface area (Å²) >= 11 is 0. The number of aryl methyl sites for hydroxylation is 1. The molecule has 30 heavy (non-hydrogen) atoms. The van der Waals surface area contributed by atoms with Crippen LogP contribution in [0.25, 0.3) is 10.9 Å². The summed E-state index contributed by atoms with van der Waals surface area (Å²) in [6, 6.07) is 12.9. The van der Waals surface area contributed by atoms with E-state index in [1.165, 1.54) is 24.1 Å². The van der Waals surface area contributed by atoms with E-state index in [4.69, 9.17) is 4.74 Å². The van der Waals surface area contributed by atoms with Crippen molar-refractivity contribution in [3.8, 4) is 11.5 Å². The van der Waals surface area contributed by atoms with Crippen molar-refractivity contribution < 1.29 is 18.3 Å². The van der Waals surface area contributed by atoms with Crippen LogP contribution in [0.15, 0.2) is 53.7 Å². The van der Waals surface area contributed by atoms with Crippen LogP contribution in [0.5, 0.6) is 11.5 Å². The van der Waals surface area contributed by atoms with Crippen molar-refractivity contribution in [3.63, 3.8) is 0 Å². The molecule has 0 aliphatic carbocycles. The Labute approximate surface area is 174 Å². The first-order chi connectivity index (χ1) is 14.6. The average molecular weight is 416 g/mol. The van der Waals surface area contributed by atoms with Crippen LogP contribution in [-0.4, -0.2) is 38.3 Å². The first kappa shape index (κ1) is 21.4. The van der Waals surface area contributed by atoms with Crippen LogP contribution >= 0.6 is 0 Å². The summed E-state index contributed by atoms with van der Waals surface area (Å²) in [5.74, 6) is 1.25. The zero-order chi connectivity index (χ0) is 21.3. The first-order valence-corrected chi connectivity index (χ1v) is 9.72. The maximum Gasteiger partial charge on any atom is 0.387 e. The minimum Gasteiger partial charge on any atom is -0.497 e. The molecule has 0 bridgehead atoms. The highest BCUT2D eigenvalue weighted by atomic mass is 19.3. The standard InChI is InChI=1S/C22H26F2N4O2/c1-25-22(26-11-5-6-15-13-27-19-8-4-3-7-18(15)19)28-14-16-12-17(29-2)9-10-20(16)30-21(23)24/h3-4,7-10,12-13,21,27H,5-6,11,14H2,1-2H3,(H2,25,26,28). The lowest BCUT2D eigenvalue weighted by Crippen LogP contribution is -2.37. The fourth-order valence-electron chi connectivity index (χ4n) is 3.26. The highest BCUT2D eigenvalue weighted by Crippen LogP contribution is 2.25. The second-order valence-electron chi connectivity index (χ2n) is 6.67. The molecule has 0 radical (unpaired) electrons. The Kier molecular flexibility index (Phi) is 7.48. The molecule has 0 saturated heterocycles. The zero-order valence-electron chi connectivity index (χ0n) is 17.0. The van der Waals surface area contributed by atoms with Gasteiger partial charge in [-0.25, -0.2) is 0 Å². The van der Waals surface area contributed by atoms with Gasteiger partial charge in [0, 0.05) is 42.8 Å². The number of nitrogens with one attached hydrogen (secondary N) is 3. The molecule has 2 aromatic carbocycles. The number of para-hydroxylation sites is 1. The molecule has 0 unspecified atom stereocenters. The number of ether oxygens (including phenoxy) is 2. The molecule has 0 atom stereocenters. The summed E-state index contributed by atoms with van der Waals surface area (Å²) in [6.45, 7) is -1.90. The van der Waals surface area contributed by atoms with E-state index in [1.54, 1.807) is 19.2 Å². The number of hydrogen-bond acceptors (Lipinski definition) is 3. The van der Waals surface area contributed by atoms with Gasteiger partial charge in [0.1, 0.15) is 11.5 Å². The smallest absolute Gasteiger partial charge is 0.387 e. The van der Waals surface area contributed by atoms with Crippen molar-refractivity contribution in [2.75, 3.05) is 20.7 Å². The number of methoxy groups -OCH3 is 1. The summed E-state index contributed by atoms with van der Waals surface area (Å²) in [5.41, 5.74) is 2.97. The predicted octanol–water partition coefficient (Wildman–Crippen LogP) is 4.08. The largest absolute Gasteiger partial charge is 0.497 e. The lowest BCUT2D eigenvalue weighted by molar-refractivity contribution is -0.0504. The number of guanidine groups is 1. The van der Waals surface area contributed by atoms with Crippen molar-refractivity contribution in [1.29, 1.82) is 0 Å². The van der Waals surface area contributed by atoms with Gasteiger partial charge >= 0.3 is 6.61 Å². The fraction of sp³-hybridized carbons (Fsp3) is 0.318. The second-order valence-corrected chi connectivity index (χ2v) is 6.67. The topological polar surface area (TPSA) is 70.7 Å². The number of benzene rings is 2. The highest BCUT2D eigenvalue weighted by Gasteiger charge is 2.11. The zero-order valence-corrected chi connectivity index (χ0v) is 17.0. The third-order valence-corrected chi connectivity index (χ3v) is 4.74. The number of nitrogens with zero attached hydrogens (tertiary/aromatic N) is 1. The lowest BCUT2D eigenvalue weighted by Gasteiger charge is -2.15. The molecule has 3 N–H and O–H groups in total. The Bertz CT molecular complexity index is 988. The molecule has 8 heteroatoms. The van der Waals surface area contributed by atoms with Crippen LogP contribution in [0.2, 0.25) is 0 Å². The molecule has 0 saturated carbocycles. The normalized spacial score (nSPS) is 11.7. The minimum atomic E-state index is -2.89. The van der Waals surface area contributed by atoms with Gasteiger partial charge in [0.25, 0.3) is 0 Å². The Morgan fingerprint density at radius 1 is 1.13 bits per heavy atom. The van der Waals surface area contributed by atoms with Crippen molar-refractivity contribution in [2.45, 2.75) is 26.0 Å². The van der Waals surface area contributed by atoms with Crippen molar-refractivity contribution in [1.82, 2.24) is 15.6 Å². The summed E-state index contributed by atoms with van der Waals surface area (Å²) < 4.78 is 35.1. The molecular formula is C22H26F2N4O2. The summed E-state index contributed by atoms with van der Waals surface area (Å²) in [5, 5.41) is 7.61. The molecule has 160 valence electrons. The predicted molar refractivity (Wildman–Crippen MR) is 114 cm³/mol. The Hall–Kier alpha value is -3.29. The Balaban J connectivity index is 1.51. The summed E-state index contributed by atoms with van der Waals surface area (Å²) in [7, 11) is 3.19. The number of alkyl halides is 2. The molecule has 0 aliphatic heterocycles. The molecule has 0 aliphatic rings. The average Bonchev–Trinajstić information content (AvgIpc) is 3.17. The second kappa shape index (κ2) is 10.5. The summed E-state index contributed by atoms with van der Waals surface area (Å²) in [4.78, 5) is 7.47. The van der Waals surface area contributed by atoms with Crippen molar-refractivity contribution >= 4 is 16.9 Å². The number of rotatable bonds is 9. The number of H-pyrrole nitrogens is 1. The van der Waals surface area contributed by atoms with Gasteiger partial charge in [-0.2, -0.15) is 8.78 Å². The van der Waals surface area contributed by atoms with Gasteiger partial charge in [-0.15, -0.1) is 0 Å². The summed E-state index contributed by atoms with van der Waals surface area (Å²) in [6.07, 6.45) is 3.89. The van der Waals surface area contributed by atoms with E-state index in [9.17, 15) is 8.78 Å². The van der Waals surface area contributed by atoms with Gasteiger partial charge < -0.3 is 25.1 Å². The molecule has 0 amide bonds. The van der Waals surface area contributed by atoms with E-state index < -0.39 is 6.61 Å². The molecule has 3 aromatic rings. The highest BCUT2D eigenvalue weighted by molar-refractivity contribution is 5.83. The minimum absolute atomic E-state index is 0.105. The van der Waals surface area contributed by atoms with Gasteiger partial charge in [-0.05, 0) is 42.7 Å². The van der Waals surface area contributed by atoms with E-state index in [0.717, 1.165) is 24.9 Å². The molecule has 3 rings (SSSR count). The Morgan fingerprint density at radius 2 is 1.97 bits per heavy atom. The van der Waals surface area contributed by atoms with Crippen LogP contribution in [0.1, 0.15) is 17.5 Å². The SMILES string of the molecule is CN=C(NCCCc1c[nH]c2ccccc12)NCc1cc(OC)ccc1OC(F)F. The number of hydrogen-bond donors (Lipinski definition) is 3. The fourth-order valence-corrected chi connectivity index (χ4v) is 3.26. The molecule has 1 heterocycles. The van der Waals surface area contributed by atoms with Crippen LogP contribution in [0.3, 0.4) is 0 Å². The lowest BCUT2D eigenvalue weighted by atomic mass is 10.1. The maximum absolute atomic E-state index is 12.7. The van der Waals surface area contributed by atoms with Gasteiger partial charge in [-0.3, -0.25) is 4.99 Å². The third kappa shape index (κ3) is 5.62. The van der Waals surface area contributed by atoms with Crippen LogP contribution < -0.4 is 20.1 Å². The van der Waals surface area contributed by atoms with Crippen LogP contribution in [0, 0.1) is 0 Å². The van der Waals surface area contributed by atoms with E-state index >= 15 is 0 Å². The van der Waals surface area contributed by atoms with E-state index in [2.05, 4.69) is 37.5 Å². The number of aliphatic imine (C=N–C) groups is 1.